The number of imidazole rings is 1. The number of carbonyl (C=O) groups is 2. The lowest BCUT2D eigenvalue weighted by atomic mass is 10.1. The second-order valence-corrected chi connectivity index (χ2v) is 5.04. The highest BCUT2D eigenvalue weighted by Crippen LogP contribution is 2.24. The van der Waals surface area contributed by atoms with Crippen LogP contribution < -0.4 is 5.32 Å². The summed E-state index contributed by atoms with van der Waals surface area (Å²) in [6.07, 6.45) is 2.49. The minimum Gasteiger partial charge on any atom is -0.329 e. The number of piperidine rings is 1. The van der Waals surface area contributed by atoms with Crippen LogP contribution >= 0.6 is 12.2 Å². The maximum atomic E-state index is 11.9. The molecule has 2 N–H and O–H groups in total. The molecule has 98 valence electrons. The molecule has 1 saturated heterocycles. The van der Waals surface area contributed by atoms with E-state index in [-0.39, 0.29) is 11.8 Å². The van der Waals surface area contributed by atoms with E-state index in [0.717, 1.165) is 11.1 Å². The van der Waals surface area contributed by atoms with Crippen LogP contribution in [0.1, 0.15) is 24.4 Å². The van der Waals surface area contributed by atoms with Gasteiger partial charge in [-0.25, -0.2) is 4.98 Å². The molecule has 1 atom stereocenters. The predicted octanol–water partition coefficient (Wildman–Crippen LogP) is 1.38. The number of imide groups is 1. The minimum atomic E-state index is -0.478. The number of amides is 2. The summed E-state index contributed by atoms with van der Waals surface area (Å²) in [5, 5.41) is 2.33. The fraction of sp³-hybridized carbons (Fsp3) is 0.333. The molecular formula is C12H12N4O2S. The van der Waals surface area contributed by atoms with Gasteiger partial charge in [0.1, 0.15) is 6.04 Å². The van der Waals surface area contributed by atoms with Crippen LogP contribution in [0.5, 0.6) is 0 Å². The number of pyridine rings is 1. The largest absolute Gasteiger partial charge is 0.329 e. The molecule has 2 aromatic heterocycles. The summed E-state index contributed by atoms with van der Waals surface area (Å²) in [5.74, 6) is -0.563. The molecule has 0 aromatic carbocycles. The van der Waals surface area contributed by atoms with Crippen LogP contribution in [0.2, 0.25) is 0 Å². The number of nitrogens with zero attached hydrogens (tertiary/aromatic N) is 2. The number of rotatable bonds is 1. The first kappa shape index (κ1) is 12.0. The van der Waals surface area contributed by atoms with Crippen LogP contribution in [0.25, 0.3) is 11.2 Å². The van der Waals surface area contributed by atoms with Gasteiger partial charge in [0.2, 0.25) is 11.8 Å². The van der Waals surface area contributed by atoms with Crippen molar-refractivity contribution < 1.29 is 9.59 Å². The number of fused-ring (bicyclic) bond motifs is 1. The molecule has 6 nitrogen and oxygen atoms in total. The van der Waals surface area contributed by atoms with Gasteiger partial charge in [0.05, 0.1) is 5.52 Å². The van der Waals surface area contributed by atoms with E-state index in [2.05, 4.69) is 15.3 Å². The fourth-order valence-corrected chi connectivity index (χ4v) is 2.66. The molecule has 3 rings (SSSR count). The normalized spacial score (nSPS) is 19.7. The van der Waals surface area contributed by atoms with Crippen molar-refractivity contribution in [2.75, 3.05) is 0 Å². The molecule has 7 heteroatoms. The van der Waals surface area contributed by atoms with Gasteiger partial charge < -0.3 is 4.98 Å². The Hall–Kier alpha value is -2.02. The summed E-state index contributed by atoms with van der Waals surface area (Å²) < 4.78 is 2.13. The summed E-state index contributed by atoms with van der Waals surface area (Å²) in [6, 6.07) is 1.45. The van der Waals surface area contributed by atoms with E-state index in [1.807, 2.05) is 13.0 Å². The number of hydrogen-bond acceptors (Lipinski definition) is 4. The second kappa shape index (κ2) is 4.27. The summed E-state index contributed by atoms with van der Waals surface area (Å²) >= 11 is 5.26. The number of aryl methyl sites for hydroxylation is 1. The highest BCUT2D eigenvalue weighted by Gasteiger charge is 2.29. The summed E-state index contributed by atoms with van der Waals surface area (Å²) in [5.41, 5.74) is 2.46. The van der Waals surface area contributed by atoms with Crippen molar-refractivity contribution in [2.45, 2.75) is 25.8 Å². The van der Waals surface area contributed by atoms with Crippen LogP contribution in [0, 0.1) is 11.7 Å². The number of hydrogen-bond donors (Lipinski definition) is 2. The smallest absolute Gasteiger partial charge is 0.249 e. The maximum Gasteiger partial charge on any atom is 0.249 e. The SMILES string of the molecule is Cc1cnc2c(c1)[nH]c(=S)n2C1CCC(=O)NC1=O. The van der Waals surface area contributed by atoms with Crippen LogP contribution in [0.15, 0.2) is 12.3 Å². The first-order valence-corrected chi connectivity index (χ1v) is 6.37. The second-order valence-electron chi connectivity index (χ2n) is 4.65. The molecular weight excluding hydrogens is 264 g/mol. The fourth-order valence-electron chi connectivity index (χ4n) is 2.34. The lowest BCUT2D eigenvalue weighted by Crippen LogP contribution is -2.41. The number of carbonyl (C=O) groups excluding carboxylic acids is 2. The van der Waals surface area contributed by atoms with Gasteiger partial charge in [0, 0.05) is 12.6 Å². The molecule has 1 aliphatic heterocycles. The predicted molar refractivity (Wildman–Crippen MR) is 71.1 cm³/mol. The Morgan fingerprint density at radius 3 is 3.00 bits per heavy atom. The van der Waals surface area contributed by atoms with Crippen molar-refractivity contribution in [2.24, 2.45) is 0 Å². The average molecular weight is 276 g/mol. The monoisotopic (exact) mass is 276 g/mol. The van der Waals surface area contributed by atoms with Crippen molar-refractivity contribution >= 4 is 35.2 Å². The van der Waals surface area contributed by atoms with Gasteiger partial charge >= 0.3 is 0 Å². The summed E-state index contributed by atoms with van der Waals surface area (Å²) in [4.78, 5) is 30.5. The standard InChI is InChI=1S/C12H12N4O2S/c1-6-4-7-10(13-5-6)16(12(19)14-7)8-2-3-9(17)15-11(8)18/h4-5,8H,2-3H2,1H3,(H,14,19)(H,15,17,18). The molecule has 0 bridgehead atoms. The van der Waals surface area contributed by atoms with Crippen molar-refractivity contribution in [1.82, 2.24) is 19.9 Å². The van der Waals surface area contributed by atoms with Gasteiger partial charge in [-0.15, -0.1) is 0 Å². The highest BCUT2D eigenvalue weighted by atomic mass is 32.1. The first-order valence-electron chi connectivity index (χ1n) is 5.97. The van der Waals surface area contributed by atoms with E-state index >= 15 is 0 Å². The van der Waals surface area contributed by atoms with E-state index in [1.165, 1.54) is 0 Å². The number of H-pyrrole nitrogens is 1. The topological polar surface area (TPSA) is 79.8 Å². The number of aromatic nitrogens is 3. The Labute approximate surface area is 113 Å². The van der Waals surface area contributed by atoms with Crippen molar-refractivity contribution in [3.63, 3.8) is 0 Å². The average Bonchev–Trinajstić information content (AvgIpc) is 2.65. The van der Waals surface area contributed by atoms with Crippen LogP contribution in [-0.4, -0.2) is 26.3 Å². The third-order valence-corrected chi connectivity index (χ3v) is 3.51. The van der Waals surface area contributed by atoms with Crippen molar-refractivity contribution in [1.29, 1.82) is 0 Å². The molecule has 0 saturated carbocycles. The molecule has 2 aromatic rings. The van der Waals surface area contributed by atoms with Crippen LogP contribution in [0.4, 0.5) is 0 Å². The number of aromatic amines is 1. The zero-order chi connectivity index (χ0) is 13.6. The maximum absolute atomic E-state index is 11.9. The van der Waals surface area contributed by atoms with Gasteiger partial charge in [0.15, 0.2) is 10.4 Å². The lowest BCUT2D eigenvalue weighted by Gasteiger charge is -2.22. The van der Waals surface area contributed by atoms with Gasteiger partial charge in [-0.1, -0.05) is 0 Å². The van der Waals surface area contributed by atoms with E-state index in [1.54, 1.807) is 10.8 Å². The highest BCUT2D eigenvalue weighted by molar-refractivity contribution is 7.71. The lowest BCUT2D eigenvalue weighted by molar-refractivity contribution is -0.135. The molecule has 1 aliphatic rings. The molecule has 2 amide bonds. The molecule has 1 unspecified atom stereocenters. The van der Waals surface area contributed by atoms with Gasteiger partial charge in [-0.3, -0.25) is 19.5 Å². The summed E-state index contributed by atoms with van der Waals surface area (Å²) in [7, 11) is 0. The Kier molecular flexibility index (Phi) is 2.70. The third kappa shape index (κ3) is 1.95. The van der Waals surface area contributed by atoms with Crippen molar-refractivity contribution in [3.8, 4) is 0 Å². The third-order valence-electron chi connectivity index (χ3n) is 3.21. The molecule has 0 aliphatic carbocycles. The van der Waals surface area contributed by atoms with Gasteiger partial charge in [0.25, 0.3) is 0 Å². The van der Waals surface area contributed by atoms with E-state index in [0.29, 0.717) is 23.3 Å². The summed E-state index contributed by atoms with van der Waals surface area (Å²) in [6.45, 7) is 1.94. The minimum absolute atomic E-state index is 0.239. The van der Waals surface area contributed by atoms with Gasteiger partial charge in [-0.2, -0.15) is 0 Å². The van der Waals surface area contributed by atoms with Crippen LogP contribution in [0.3, 0.4) is 0 Å². The molecule has 19 heavy (non-hydrogen) atoms. The van der Waals surface area contributed by atoms with E-state index in [9.17, 15) is 9.59 Å². The van der Waals surface area contributed by atoms with Gasteiger partial charge in [-0.05, 0) is 37.2 Å². The Bertz CT molecular complexity index is 746. The molecule has 0 radical (unpaired) electrons. The first-order chi connectivity index (χ1) is 9.06. The Morgan fingerprint density at radius 1 is 1.47 bits per heavy atom. The Morgan fingerprint density at radius 2 is 2.26 bits per heavy atom. The number of nitrogens with one attached hydrogen (secondary N) is 2. The zero-order valence-electron chi connectivity index (χ0n) is 10.3. The zero-order valence-corrected chi connectivity index (χ0v) is 11.1. The van der Waals surface area contributed by atoms with Crippen molar-refractivity contribution in [3.05, 3.63) is 22.6 Å². The molecule has 3 heterocycles. The quantitative estimate of drug-likeness (QED) is 0.609. The molecule has 1 fully saturated rings. The molecule has 0 spiro atoms. The Balaban J connectivity index is 2.15. The van der Waals surface area contributed by atoms with E-state index < -0.39 is 6.04 Å². The van der Waals surface area contributed by atoms with E-state index in [4.69, 9.17) is 12.2 Å². The van der Waals surface area contributed by atoms with Crippen LogP contribution in [-0.2, 0) is 9.59 Å².